The molecule has 0 spiro atoms. The highest BCUT2D eigenvalue weighted by atomic mass is 32.2. The van der Waals surface area contributed by atoms with Crippen LogP contribution < -0.4 is 10.9 Å². The number of carbonyl (C=O) groups is 1. The second kappa shape index (κ2) is 10.0. The fourth-order valence-electron chi connectivity index (χ4n) is 3.13. The molecule has 10 heteroatoms. The number of halogens is 1. The van der Waals surface area contributed by atoms with Crippen LogP contribution in [0, 0.1) is 12.7 Å². The molecule has 1 N–H and O–H groups in total. The predicted octanol–water partition coefficient (Wildman–Crippen LogP) is 4.41. The van der Waals surface area contributed by atoms with Crippen LogP contribution in [0.25, 0.3) is 10.9 Å². The first-order valence-electron chi connectivity index (χ1n) is 9.95. The second-order valence-electron chi connectivity index (χ2n) is 7.15. The number of amides is 1. The van der Waals surface area contributed by atoms with Gasteiger partial charge in [-0.1, -0.05) is 47.4 Å². The van der Waals surface area contributed by atoms with Crippen LogP contribution in [0.4, 0.5) is 9.52 Å². The Morgan fingerprint density at radius 3 is 2.81 bits per heavy atom. The van der Waals surface area contributed by atoms with E-state index in [0.29, 0.717) is 39.1 Å². The third kappa shape index (κ3) is 5.38. The fraction of sp³-hybridized carbons (Fsp3) is 0.227. The summed E-state index contributed by atoms with van der Waals surface area (Å²) in [4.78, 5) is 29.2. The Labute approximate surface area is 191 Å². The van der Waals surface area contributed by atoms with E-state index < -0.39 is 0 Å². The number of fused-ring (bicyclic) bond motifs is 1. The SMILES string of the molecule is Cc1cccc2c(=O)n(CCCC(=O)Nc3nnc(SCc4ccc(F)cc4)s3)cnc12. The lowest BCUT2D eigenvalue weighted by Gasteiger charge is -2.07. The molecule has 0 aliphatic carbocycles. The molecule has 0 fully saturated rings. The molecule has 0 unspecified atom stereocenters. The van der Waals surface area contributed by atoms with E-state index in [1.165, 1.54) is 46.1 Å². The molecular weight excluding hydrogens is 449 g/mol. The molecule has 0 saturated heterocycles. The molecule has 4 rings (SSSR count). The number of thioether (sulfide) groups is 1. The maximum atomic E-state index is 13.0. The molecule has 2 heterocycles. The second-order valence-corrected chi connectivity index (χ2v) is 9.35. The topological polar surface area (TPSA) is 89.8 Å². The Bertz CT molecular complexity index is 1300. The zero-order valence-electron chi connectivity index (χ0n) is 17.2. The summed E-state index contributed by atoms with van der Waals surface area (Å²) in [6, 6.07) is 11.8. The van der Waals surface area contributed by atoms with Gasteiger partial charge in [0.15, 0.2) is 4.34 Å². The molecule has 7 nitrogen and oxygen atoms in total. The smallest absolute Gasteiger partial charge is 0.261 e. The number of benzene rings is 2. The zero-order valence-corrected chi connectivity index (χ0v) is 18.9. The Kier molecular flexibility index (Phi) is 6.91. The van der Waals surface area contributed by atoms with Crippen molar-refractivity contribution in [1.82, 2.24) is 19.7 Å². The van der Waals surface area contributed by atoms with Crippen LogP contribution in [0.1, 0.15) is 24.0 Å². The molecule has 0 bridgehead atoms. The van der Waals surface area contributed by atoms with Crippen LogP contribution in [-0.2, 0) is 17.1 Å². The zero-order chi connectivity index (χ0) is 22.5. The number of para-hydroxylation sites is 1. The first-order chi connectivity index (χ1) is 15.5. The molecule has 0 aliphatic heterocycles. The number of nitrogens with one attached hydrogen (secondary N) is 1. The highest BCUT2D eigenvalue weighted by molar-refractivity contribution is 8.00. The number of carbonyl (C=O) groups excluding carboxylic acids is 1. The molecule has 0 radical (unpaired) electrons. The standard InChI is InChI=1S/C22H20FN5O2S2/c1-14-4-2-5-17-19(14)24-13-28(20(17)30)11-3-6-18(29)25-21-26-27-22(32-21)31-12-15-7-9-16(23)10-8-15/h2,4-5,7-10,13H,3,6,11-12H2,1H3,(H,25,26,29). The van der Waals surface area contributed by atoms with Gasteiger partial charge in [-0.25, -0.2) is 9.37 Å². The van der Waals surface area contributed by atoms with E-state index in [4.69, 9.17) is 0 Å². The summed E-state index contributed by atoms with van der Waals surface area (Å²) in [5, 5.41) is 11.8. The highest BCUT2D eigenvalue weighted by Crippen LogP contribution is 2.28. The normalized spacial score (nSPS) is 11.1. The van der Waals surface area contributed by atoms with Crippen LogP contribution in [0.5, 0.6) is 0 Å². The van der Waals surface area contributed by atoms with Crippen LogP contribution >= 0.6 is 23.1 Å². The monoisotopic (exact) mass is 469 g/mol. The van der Waals surface area contributed by atoms with Crippen LogP contribution in [0.15, 0.2) is 57.9 Å². The van der Waals surface area contributed by atoms with Gasteiger partial charge in [0.1, 0.15) is 5.82 Å². The molecule has 1 amide bonds. The minimum Gasteiger partial charge on any atom is -0.301 e. The quantitative estimate of drug-likeness (QED) is 0.304. The van der Waals surface area contributed by atoms with E-state index in [1.807, 2.05) is 19.1 Å². The maximum Gasteiger partial charge on any atom is 0.261 e. The lowest BCUT2D eigenvalue weighted by atomic mass is 10.1. The fourth-order valence-corrected chi connectivity index (χ4v) is 4.86. The van der Waals surface area contributed by atoms with Gasteiger partial charge in [0.25, 0.3) is 5.56 Å². The highest BCUT2D eigenvalue weighted by Gasteiger charge is 2.10. The molecule has 0 atom stereocenters. The van der Waals surface area contributed by atoms with Crippen molar-refractivity contribution in [2.45, 2.75) is 36.4 Å². The first kappa shape index (κ1) is 22.1. The summed E-state index contributed by atoms with van der Waals surface area (Å²) in [6.45, 7) is 2.32. The Morgan fingerprint density at radius 1 is 1.19 bits per heavy atom. The molecule has 2 aromatic heterocycles. The largest absolute Gasteiger partial charge is 0.301 e. The molecule has 164 valence electrons. The van der Waals surface area contributed by atoms with Crippen LogP contribution in [0.2, 0.25) is 0 Å². The number of hydrogen-bond acceptors (Lipinski definition) is 7. The van der Waals surface area contributed by atoms with Crippen molar-refractivity contribution < 1.29 is 9.18 Å². The van der Waals surface area contributed by atoms with Gasteiger partial charge in [-0.05, 0) is 42.7 Å². The molecular formula is C22H20FN5O2S2. The summed E-state index contributed by atoms with van der Waals surface area (Å²) < 4.78 is 15.2. The van der Waals surface area contributed by atoms with Crippen molar-refractivity contribution in [3.63, 3.8) is 0 Å². The number of rotatable bonds is 8. The molecule has 0 aliphatic rings. The van der Waals surface area contributed by atoms with Crippen molar-refractivity contribution in [2.24, 2.45) is 0 Å². The van der Waals surface area contributed by atoms with Gasteiger partial charge in [-0.2, -0.15) is 0 Å². The maximum absolute atomic E-state index is 13.0. The average Bonchev–Trinajstić information content (AvgIpc) is 3.22. The van der Waals surface area contributed by atoms with Crippen molar-refractivity contribution in [3.05, 3.63) is 76.1 Å². The van der Waals surface area contributed by atoms with Crippen molar-refractivity contribution in [3.8, 4) is 0 Å². The van der Waals surface area contributed by atoms with Crippen molar-refractivity contribution in [1.29, 1.82) is 0 Å². The third-order valence-corrected chi connectivity index (χ3v) is 6.83. The molecule has 0 saturated carbocycles. The first-order valence-corrected chi connectivity index (χ1v) is 11.7. The van der Waals surface area contributed by atoms with E-state index >= 15 is 0 Å². The van der Waals surface area contributed by atoms with Gasteiger partial charge in [-0.3, -0.25) is 14.2 Å². The number of anilines is 1. The summed E-state index contributed by atoms with van der Waals surface area (Å²) in [6.07, 6.45) is 2.27. The third-order valence-electron chi connectivity index (χ3n) is 4.79. The number of aryl methyl sites for hydroxylation is 2. The molecule has 4 aromatic rings. The number of nitrogens with zero attached hydrogens (tertiary/aromatic N) is 4. The summed E-state index contributed by atoms with van der Waals surface area (Å²) >= 11 is 2.76. The molecule has 32 heavy (non-hydrogen) atoms. The van der Waals surface area contributed by atoms with Gasteiger partial charge in [0, 0.05) is 18.7 Å². The number of hydrogen-bond donors (Lipinski definition) is 1. The number of aromatic nitrogens is 4. The van der Waals surface area contributed by atoms with Gasteiger partial charge in [0.2, 0.25) is 11.0 Å². The minimum atomic E-state index is -0.267. The lowest BCUT2D eigenvalue weighted by molar-refractivity contribution is -0.116. The average molecular weight is 470 g/mol. The lowest BCUT2D eigenvalue weighted by Crippen LogP contribution is -2.22. The summed E-state index contributed by atoms with van der Waals surface area (Å²) in [7, 11) is 0. The van der Waals surface area contributed by atoms with Crippen molar-refractivity contribution in [2.75, 3.05) is 5.32 Å². The van der Waals surface area contributed by atoms with Crippen LogP contribution in [-0.4, -0.2) is 25.7 Å². The molecule has 2 aromatic carbocycles. The van der Waals surface area contributed by atoms with E-state index in [2.05, 4.69) is 20.5 Å². The van der Waals surface area contributed by atoms with E-state index in [0.717, 1.165) is 11.1 Å². The van der Waals surface area contributed by atoms with Gasteiger partial charge >= 0.3 is 0 Å². The van der Waals surface area contributed by atoms with Gasteiger partial charge in [0.05, 0.1) is 17.2 Å². The van der Waals surface area contributed by atoms with Gasteiger partial charge in [-0.15, -0.1) is 10.2 Å². The Hall–Kier alpha value is -3.11. The van der Waals surface area contributed by atoms with Crippen LogP contribution in [0.3, 0.4) is 0 Å². The summed E-state index contributed by atoms with van der Waals surface area (Å²) in [5.74, 6) is 0.183. The van der Waals surface area contributed by atoms with Gasteiger partial charge < -0.3 is 5.32 Å². The van der Waals surface area contributed by atoms with E-state index in [9.17, 15) is 14.0 Å². The Morgan fingerprint density at radius 2 is 2.00 bits per heavy atom. The summed E-state index contributed by atoms with van der Waals surface area (Å²) in [5.41, 5.74) is 2.53. The van der Waals surface area contributed by atoms with Crippen molar-refractivity contribution >= 4 is 45.0 Å². The minimum absolute atomic E-state index is 0.106. The Balaban J connectivity index is 1.27. The predicted molar refractivity (Wildman–Crippen MR) is 124 cm³/mol. The van der Waals surface area contributed by atoms with E-state index in [-0.39, 0.29) is 23.7 Å². The van der Waals surface area contributed by atoms with E-state index in [1.54, 1.807) is 18.2 Å².